The van der Waals surface area contributed by atoms with E-state index in [0.29, 0.717) is 10.9 Å². The summed E-state index contributed by atoms with van der Waals surface area (Å²) in [6.07, 6.45) is 0. The average molecular weight is 254 g/mol. The van der Waals surface area contributed by atoms with Crippen molar-refractivity contribution >= 4 is 10.9 Å². The maximum Gasteiger partial charge on any atom is 0.328 e. The molecule has 0 fully saturated rings. The van der Waals surface area contributed by atoms with Crippen molar-refractivity contribution in [2.75, 3.05) is 0 Å². The summed E-state index contributed by atoms with van der Waals surface area (Å²) in [7, 11) is 1.63. The van der Waals surface area contributed by atoms with Gasteiger partial charge < -0.3 is 0 Å². The maximum atomic E-state index is 11.3. The lowest BCUT2D eigenvalue weighted by molar-refractivity contribution is 0.843. The van der Waals surface area contributed by atoms with Gasteiger partial charge in [-0.3, -0.25) is 14.3 Å². The predicted octanol–water partition coefficient (Wildman–Crippen LogP) is 1.91. The molecule has 0 bridgehead atoms. The SMILES string of the molecule is Cn1c(=O)[nH]c(=O)c2ccccc21.c1ccccc1. The molecule has 3 rings (SSSR count). The molecule has 0 saturated heterocycles. The van der Waals surface area contributed by atoms with E-state index in [2.05, 4.69) is 4.98 Å². The van der Waals surface area contributed by atoms with Gasteiger partial charge >= 0.3 is 5.69 Å². The molecule has 0 saturated carbocycles. The quantitative estimate of drug-likeness (QED) is 0.666. The van der Waals surface area contributed by atoms with Crippen LogP contribution in [0.3, 0.4) is 0 Å². The fourth-order valence-corrected chi connectivity index (χ4v) is 1.70. The first-order valence-corrected chi connectivity index (χ1v) is 5.88. The molecule has 0 radical (unpaired) electrons. The van der Waals surface area contributed by atoms with E-state index in [1.807, 2.05) is 36.4 Å². The van der Waals surface area contributed by atoms with Crippen LogP contribution in [0.2, 0.25) is 0 Å². The number of nitrogens with zero attached hydrogens (tertiary/aromatic N) is 1. The summed E-state index contributed by atoms with van der Waals surface area (Å²) in [5.41, 5.74) is -0.0707. The molecule has 0 aliphatic carbocycles. The fourth-order valence-electron chi connectivity index (χ4n) is 1.70. The number of benzene rings is 2. The van der Waals surface area contributed by atoms with Crippen molar-refractivity contribution in [3.8, 4) is 0 Å². The zero-order chi connectivity index (χ0) is 13.7. The van der Waals surface area contributed by atoms with Gasteiger partial charge in [0.15, 0.2) is 0 Å². The van der Waals surface area contributed by atoms with Crippen LogP contribution in [0.5, 0.6) is 0 Å². The lowest BCUT2D eigenvalue weighted by Gasteiger charge is -2.01. The van der Waals surface area contributed by atoms with E-state index in [-0.39, 0.29) is 11.2 Å². The Kier molecular flexibility index (Phi) is 3.93. The number of nitrogens with one attached hydrogen (secondary N) is 1. The van der Waals surface area contributed by atoms with Crippen molar-refractivity contribution < 1.29 is 0 Å². The Morgan fingerprint density at radius 2 is 1.37 bits per heavy atom. The fraction of sp³-hybridized carbons (Fsp3) is 0.0667. The molecule has 0 amide bonds. The summed E-state index contributed by atoms with van der Waals surface area (Å²) < 4.78 is 1.41. The summed E-state index contributed by atoms with van der Waals surface area (Å²) in [5.74, 6) is 0. The Hall–Kier alpha value is -2.62. The van der Waals surface area contributed by atoms with Crippen LogP contribution in [0, 0.1) is 0 Å². The van der Waals surface area contributed by atoms with Crippen molar-refractivity contribution in [1.29, 1.82) is 0 Å². The Bertz CT molecular complexity index is 747. The second kappa shape index (κ2) is 5.82. The summed E-state index contributed by atoms with van der Waals surface area (Å²) in [5, 5.41) is 0.532. The topological polar surface area (TPSA) is 54.9 Å². The second-order valence-corrected chi connectivity index (χ2v) is 3.99. The molecule has 1 heterocycles. The molecule has 19 heavy (non-hydrogen) atoms. The predicted molar refractivity (Wildman–Crippen MR) is 76.3 cm³/mol. The summed E-state index contributed by atoms with van der Waals surface area (Å²) in [4.78, 5) is 24.7. The van der Waals surface area contributed by atoms with Gasteiger partial charge in [-0.2, -0.15) is 0 Å². The summed E-state index contributed by atoms with van der Waals surface area (Å²) in [6.45, 7) is 0. The van der Waals surface area contributed by atoms with E-state index >= 15 is 0 Å². The Labute approximate surface area is 110 Å². The van der Waals surface area contributed by atoms with Crippen LogP contribution in [0.15, 0.2) is 70.3 Å². The molecule has 0 spiro atoms. The van der Waals surface area contributed by atoms with Crippen LogP contribution in [0.1, 0.15) is 0 Å². The number of aromatic nitrogens is 2. The van der Waals surface area contributed by atoms with Gasteiger partial charge in [-0.1, -0.05) is 48.5 Å². The third kappa shape index (κ3) is 2.98. The van der Waals surface area contributed by atoms with E-state index in [9.17, 15) is 9.59 Å². The number of aromatic amines is 1. The normalized spacial score (nSPS) is 9.74. The molecule has 3 aromatic rings. The van der Waals surface area contributed by atoms with Gasteiger partial charge in [-0.15, -0.1) is 0 Å². The summed E-state index contributed by atoms with van der Waals surface area (Å²) in [6, 6.07) is 19.0. The molecule has 1 N–H and O–H groups in total. The van der Waals surface area contributed by atoms with Gasteiger partial charge in [-0.25, -0.2) is 4.79 Å². The smallest absolute Gasteiger partial charge is 0.296 e. The van der Waals surface area contributed by atoms with Crippen molar-refractivity contribution in [2.45, 2.75) is 0 Å². The van der Waals surface area contributed by atoms with Crippen LogP contribution in [0.25, 0.3) is 10.9 Å². The highest BCUT2D eigenvalue weighted by atomic mass is 16.2. The van der Waals surface area contributed by atoms with Crippen molar-refractivity contribution in [3.05, 3.63) is 81.5 Å². The minimum atomic E-state index is -0.385. The molecular weight excluding hydrogens is 240 g/mol. The van der Waals surface area contributed by atoms with Gasteiger partial charge in [0.1, 0.15) is 0 Å². The number of H-pyrrole nitrogens is 1. The van der Waals surface area contributed by atoms with Crippen molar-refractivity contribution in [1.82, 2.24) is 9.55 Å². The average Bonchev–Trinajstić information content (AvgIpc) is 2.47. The van der Waals surface area contributed by atoms with Gasteiger partial charge in [0.05, 0.1) is 10.9 Å². The standard InChI is InChI=1S/C9H8N2O2.C6H6/c1-11-7-5-3-2-4-6(7)8(12)10-9(11)13;1-2-4-6-5-3-1/h2-5H,1H3,(H,10,12,13);1-6H. The number of fused-ring (bicyclic) bond motifs is 1. The van der Waals surface area contributed by atoms with E-state index in [1.165, 1.54) is 4.57 Å². The van der Waals surface area contributed by atoms with Gasteiger partial charge in [0.25, 0.3) is 5.56 Å². The van der Waals surface area contributed by atoms with E-state index in [0.717, 1.165) is 0 Å². The molecule has 2 aromatic carbocycles. The lowest BCUT2D eigenvalue weighted by atomic mass is 10.2. The number of aryl methyl sites for hydroxylation is 1. The van der Waals surface area contributed by atoms with Crippen molar-refractivity contribution in [3.63, 3.8) is 0 Å². The first-order chi connectivity index (χ1) is 9.20. The largest absolute Gasteiger partial charge is 0.328 e. The maximum absolute atomic E-state index is 11.3. The molecule has 4 heteroatoms. The van der Waals surface area contributed by atoms with Gasteiger partial charge in [-0.05, 0) is 12.1 Å². The van der Waals surface area contributed by atoms with Crippen LogP contribution in [-0.4, -0.2) is 9.55 Å². The second-order valence-electron chi connectivity index (χ2n) is 3.99. The van der Waals surface area contributed by atoms with Gasteiger partial charge in [0, 0.05) is 7.05 Å². The van der Waals surface area contributed by atoms with E-state index < -0.39 is 0 Å². The molecule has 1 aromatic heterocycles. The van der Waals surface area contributed by atoms with Crippen LogP contribution in [0.4, 0.5) is 0 Å². The Morgan fingerprint density at radius 1 is 0.842 bits per heavy atom. The highest BCUT2D eigenvalue weighted by molar-refractivity contribution is 5.77. The highest BCUT2D eigenvalue weighted by Crippen LogP contribution is 2.03. The number of para-hydroxylation sites is 1. The summed E-state index contributed by atoms with van der Waals surface area (Å²) >= 11 is 0. The highest BCUT2D eigenvalue weighted by Gasteiger charge is 2.01. The minimum Gasteiger partial charge on any atom is -0.296 e. The molecule has 0 aliphatic rings. The first-order valence-electron chi connectivity index (χ1n) is 5.88. The zero-order valence-corrected chi connectivity index (χ0v) is 10.5. The van der Waals surface area contributed by atoms with Crippen molar-refractivity contribution in [2.24, 2.45) is 7.05 Å². The Balaban J connectivity index is 0.000000186. The Morgan fingerprint density at radius 3 is 1.95 bits per heavy atom. The molecule has 0 unspecified atom stereocenters. The molecule has 96 valence electrons. The van der Waals surface area contributed by atoms with Crippen LogP contribution in [-0.2, 0) is 7.05 Å². The molecule has 0 aliphatic heterocycles. The third-order valence-electron chi connectivity index (χ3n) is 2.70. The monoisotopic (exact) mass is 254 g/mol. The number of hydrogen-bond acceptors (Lipinski definition) is 2. The minimum absolute atomic E-state index is 0.335. The number of rotatable bonds is 0. The van der Waals surface area contributed by atoms with Crippen LogP contribution >= 0.6 is 0 Å². The zero-order valence-electron chi connectivity index (χ0n) is 10.5. The van der Waals surface area contributed by atoms with E-state index in [1.54, 1.807) is 31.3 Å². The van der Waals surface area contributed by atoms with Crippen LogP contribution < -0.4 is 11.2 Å². The third-order valence-corrected chi connectivity index (χ3v) is 2.70. The van der Waals surface area contributed by atoms with Gasteiger partial charge in [0.2, 0.25) is 0 Å². The molecule has 4 nitrogen and oxygen atoms in total. The number of hydrogen-bond donors (Lipinski definition) is 1. The lowest BCUT2D eigenvalue weighted by Crippen LogP contribution is -2.28. The molecule has 0 atom stereocenters. The molecular formula is C15H14N2O2. The first kappa shape index (κ1) is 12.8. The van der Waals surface area contributed by atoms with E-state index in [4.69, 9.17) is 0 Å².